The standard InChI is InChI=1S/C31H37N5O6/c1-19(2)16-25(36-31(40)41)29(39)34-24(13-12-20-8-4-3-5-9-20)27(37)30-35-26(18-42-30)28(38)32-15-14-21-17-33-23-11-7-6-10-22(21)23/h3-11,17-19,24-25,27,33,36-37H,12-16H2,1-2H3,(H,32,38)(H,34,39)(H,40,41). The van der Waals surface area contributed by atoms with Gasteiger partial charge in [0.15, 0.2) is 11.8 Å². The molecule has 0 fully saturated rings. The molecule has 0 radical (unpaired) electrons. The second-order valence-corrected chi connectivity index (χ2v) is 10.7. The third kappa shape index (κ3) is 8.20. The predicted octanol–water partition coefficient (Wildman–Crippen LogP) is 3.96. The van der Waals surface area contributed by atoms with Crippen molar-refractivity contribution in [3.05, 3.63) is 89.8 Å². The Labute approximate surface area is 243 Å². The Balaban J connectivity index is 1.42. The summed E-state index contributed by atoms with van der Waals surface area (Å²) in [5.74, 6) is -1.10. The summed E-state index contributed by atoms with van der Waals surface area (Å²) < 4.78 is 5.47. The summed E-state index contributed by atoms with van der Waals surface area (Å²) in [5, 5.41) is 29.4. The lowest BCUT2D eigenvalue weighted by molar-refractivity contribution is -0.125. The lowest BCUT2D eigenvalue weighted by Gasteiger charge is -2.26. The number of aliphatic hydroxyl groups is 1. The number of aromatic amines is 1. The van der Waals surface area contributed by atoms with E-state index in [2.05, 4.69) is 25.9 Å². The predicted molar refractivity (Wildman–Crippen MR) is 157 cm³/mol. The average Bonchev–Trinajstić information content (AvgIpc) is 3.63. The van der Waals surface area contributed by atoms with E-state index in [1.54, 1.807) is 0 Å². The number of carbonyl (C=O) groups excluding carboxylic acids is 2. The van der Waals surface area contributed by atoms with E-state index < -0.39 is 36.1 Å². The monoisotopic (exact) mass is 575 g/mol. The molecule has 0 saturated carbocycles. The van der Waals surface area contributed by atoms with Crippen LogP contribution in [-0.2, 0) is 17.6 Å². The van der Waals surface area contributed by atoms with Gasteiger partial charge in [-0.15, -0.1) is 0 Å². The van der Waals surface area contributed by atoms with Crippen molar-refractivity contribution in [1.29, 1.82) is 0 Å². The number of hydrogen-bond donors (Lipinski definition) is 6. The van der Waals surface area contributed by atoms with Gasteiger partial charge < -0.3 is 35.6 Å². The molecule has 11 nitrogen and oxygen atoms in total. The molecule has 42 heavy (non-hydrogen) atoms. The maximum Gasteiger partial charge on any atom is 0.405 e. The number of fused-ring (bicyclic) bond motifs is 1. The zero-order valence-electron chi connectivity index (χ0n) is 23.7. The van der Waals surface area contributed by atoms with E-state index in [0.717, 1.165) is 22.0 Å². The SMILES string of the molecule is CC(C)CC(NC(=O)O)C(=O)NC(CCc1ccccc1)C(O)c1nc(C(=O)NCCc2c[nH]c3ccccc23)co1. The second kappa shape index (κ2) is 14.3. The molecule has 4 aromatic rings. The number of aliphatic hydroxyl groups excluding tert-OH is 1. The number of aromatic nitrogens is 2. The van der Waals surface area contributed by atoms with Crippen molar-refractivity contribution in [2.75, 3.05) is 6.54 Å². The van der Waals surface area contributed by atoms with E-state index in [1.165, 1.54) is 6.26 Å². The summed E-state index contributed by atoms with van der Waals surface area (Å²) in [6.07, 6.45) is 2.12. The van der Waals surface area contributed by atoms with Gasteiger partial charge in [0, 0.05) is 23.6 Å². The van der Waals surface area contributed by atoms with Crippen LogP contribution in [0.15, 0.2) is 71.5 Å². The highest BCUT2D eigenvalue weighted by Crippen LogP contribution is 2.22. The molecule has 4 rings (SSSR count). The van der Waals surface area contributed by atoms with Crippen LogP contribution in [0.25, 0.3) is 10.9 Å². The van der Waals surface area contributed by atoms with Crippen LogP contribution in [0.2, 0.25) is 0 Å². The number of benzene rings is 2. The second-order valence-electron chi connectivity index (χ2n) is 10.7. The van der Waals surface area contributed by atoms with Crippen molar-refractivity contribution < 1.29 is 29.0 Å². The molecule has 0 aliphatic carbocycles. The van der Waals surface area contributed by atoms with E-state index in [4.69, 9.17) is 4.42 Å². The molecule has 0 bridgehead atoms. The molecule has 2 aromatic carbocycles. The first-order valence-electron chi connectivity index (χ1n) is 14.0. The number of rotatable bonds is 14. The molecular formula is C31H37N5O6. The van der Waals surface area contributed by atoms with E-state index in [-0.39, 0.29) is 23.9 Å². The quantitative estimate of drug-likeness (QED) is 0.132. The highest BCUT2D eigenvalue weighted by molar-refractivity contribution is 5.92. The highest BCUT2D eigenvalue weighted by Gasteiger charge is 2.31. The van der Waals surface area contributed by atoms with Crippen LogP contribution in [0.4, 0.5) is 4.79 Å². The molecule has 0 spiro atoms. The molecule has 2 aromatic heterocycles. The van der Waals surface area contributed by atoms with Gasteiger partial charge in [0.25, 0.3) is 5.91 Å². The Morgan fingerprint density at radius 1 is 1.00 bits per heavy atom. The van der Waals surface area contributed by atoms with E-state index in [0.29, 0.717) is 25.8 Å². The number of nitrogens with one attached hydrogen (secondary N) is 4. The van der Waals surface area contributed by atoms with Gasteiger partial charge in [-0.2, -0.15) is 0 Å². The van der Waals surface area contributed by atoms with E-state index >= 15 is 0 Å². The lowest BCUT2D eigenvalue weighted by Crippen LogP contribution is -2.51. The topological polar surface area (TPSA) is 170 Å². The first-order chi connectivity index (χ1) is 20.2. The summed E-state index contributed by atoms with van der Waals surface area (Å²) in [5.41, 5.74) is 3.10. The Kier molecular flexibility index (Phi) is 10.3. The van der Waals surface area contributed by atoms with E-state index in [9.17, 15) is 24.6 Å². The van der Waals surface area contributed by atoms with Crippen LogP contribution < -0.4 is 16.0 Å². The van der Waals surface area contributed by atoms with Gasteiger partial charge in [-0.1, -0.05) is 62.4 Å². The number of oxazole rings is 1. The zero-order chi connectivity index (χ0) is 30.1. The molecule has 2 heterocycles. The smallest absolute Gasteiger partial charge is 0.405 e. The number of aryl methyl sites for hydroxylation is 1. The first-order valence-corrected chi connectivity index (χ1v) is 14.0. The van der Waals surface area contributed by atoms with Gasteiger partial charge in [0.2, 0.25) is 11.8 Å². The largest absolute Gasteiger partial charge is 0.465 e. The normalized spacial score (nSPS) is 13.4. The van der Waals surface area contributed by atoms with Crippen LogP contribution >= 0.6 is 0 Å². The minimum Gasteiger partial charge on any atom is -0.465 e. The van der Waals surface area contributed by atoms with Crippen LogP contribution in [0.1, 0.15) is 60.3 Å². The van der Waals surface area contributed by atoms with Crippen LogP contribution in [0.5, 0.6) is 0 Å². The van der Waals surface area contributed by atoms with Crippen molar-refractivity contribution >= 4 is 28.8 Å². The van der Waals surface area contributed by atoms with Crippen molar-refractivity contribution in [2.24, 2.45) is 5.92 Å². The molecule has 0 saturated heterocycles. The Morgan fingerprint density at radius 3 is 2.48 bits per heavy atom. The van der Waals surface area contributed by atoms with Crippen molar-refractivity contribution in [3.8, 4) is 0 Å². The third-order valence-electron chi connectivity index (χ3n) is 6.98. The van der Waals surface area contributed by atoms with Gasteiger partial charge in [-0.25, -0.2) is 9.78 Å². The number of carbonyl (C=O) groups is 3. The molecule has 3 atom stereocenters. The van der Waals surface area contributed by atoms with Crippen LogP contribution in [0, 0.1) is 5.92 Å². The third-order valence-corrected chi connectivity index (χ3v) is 6.98. The molecular weight excluding hydrogens is 538 g/mol. The van der Waals surface area contributed by atoms with Gasteiger partial charge in [-0.3, -0.25) is 9.59 Å². The molecule has 222 valence electrons. The minimum atomic E-state index is -1.38. The van der Waals surface area contributed by atoms with Crippen molar-refractivity contribution in [2.45, 2.75) is 57.7 Å². The number of H-pyrrole nitrogens is 1. The lowest BCUT2D eigenvalue weighted by atomic mass is 9.99. The number of amides is 3. The summed E-state index contributed by atoms with van der Waals surface area (Å²) in [7, 11) is 0. The van der Waals surface area contributed by atoms with Crippen molar-refractivity contribution in [3.63, 3.8) is 0 Å². The molecule has 3 unspecified atom stereocenters. The maximum absolute atomic E-state index is 13.1. The van der Waals surface area contributed by atoms with Gasteiger partial charge in [-0.05, 0) is 48.8 Å². The fourth-order valence-corrected chi connectivity index (χ4v) is 4.85. The summed E-state index contributed by atoms with van der Waals surface area (Å²) >= 11 is 0. The molecule has 3 amide bonds. The number of hydrogen-bond acceptors (Lipinski definition) is 6. The fourth-order valence-electron chi connectivity index (χ4n) is 4.85. The molecule has 0 aliphatic heterocycles. The molecule has 6 N–H and O–H groups in total. The highest BCUT2D eigenvalue weighted by atomic mass is 16.4. The van der Waals surface area contributed by atoms with Gasteiger partial charge in [0.1, 0.15) is 12.3 Å². The number of para-hydroxylation sites is 1. The Hall–Kier alpha value is -4.64. The van der Waals surface area contributed by atoms with E-state index in [1.807, 2.05) is 74.6 Å². The summed E-state index contributed by atoms with van der Waals surface area (Å²) in [4.78, 5) is 44.6. The van der Waals surface area contributed by atoms with Crippen molar-refractivity contribution in [1.82, 2.24) is 25.9 Å². The van der Waals surface area contributed by atoms with Crippen LogP contribution in [0.3, 0.4) is 0 Å². The minimum absolute atomic E-state index is 0.00124. The first kappa shape index (κ1) is 30.3. The average molecular weight is 576 g/mol. The zero-order valence-corrected chi connectivity index (χ0v) is 23.7. The summed E-state index contributed by atoms with van der Waals surface area (Å²) in [6, 6.07) is 15.6. The van der Waals surface area contributed by atoms with Crippen LogP contribution in [-0.4, -0.2) is 56.7 Å². The number of nitrogens with zero attached hydrogens (tertiary/aromatic N) is 1. The Bertz CT molecular complexity index is 1480. The number of carboxylic acid groups (broad SMARTS) is 1. The Morgan fingerprint density at radius 2 is 1.74 bits per heavy atom. The molecule has 0 aliphatic rings. The fraction of sp³-hybridized carbons (Fsp3) is 0.355. The summed E-state index contributed by atoms with van der Waals surface area (Å²) in [6.45, 7) is 4.13. The van der Waals surface area contributed by atoms with Gasteiger partial charge in [0.05, 0.1) is 6.04 Å². The maximum atomic E-state index is 13.1. The van der Waals surface area contributed by atoms with Gasteiger partial charge >= 0.3 is 6.09 Å². The molecule has 11 heteroatoms.